The van der Waals surface area contributed by atoms with Crippen LogP contribution in [0.2, 0.25) is 0 Å². The van der Waals surface area contributed by atoms with E-state index in [2.05, 4.69) is 25.1 Å². The number of H-pyrrole nitrogens is 2. The number of hydrogen-bond acceptors (Lipinski definition) is 7. The van der Waals surface area contributed by atoms with E-state index in [1.54, 1.807) is 29.5 Å². The maximum atomic E-state index is 14.0. The number of nitrogens with one attached hydrogen (secondary N) is 2. The first-order chi connectivity index (χ1) is 14.6. The molecule has 30 heavy (non-hydrogen) atoms. The summed E-state index contributed by atoms with van der Waals surface area (Å²) >= 11 is 4.39. The van der Waals surface area contributed by atoms with E-state index in [0.717, 1.165) is 10.4 Å². The fourth-order valence-corrected chi connectivity index (χ4v) is 5.61. The molecule has 0 radical (unpaired) electrons. The molecular weight excluding hydrogens is 441 g/mol. The summed E-state index contributed by atoms with van der Waals surface area (Å²) in [6.45, 7) is 1.92. The lowest BCUT2D eigenvalue weighted by Crippen LogP contribution is -2.12. The molecule has 0 fully saturated rings. The zero-order chi connectivity index (χ0) is 20.7. The Kier molecular flexibility index (Phi) is 4.97. The molecule has 1 aromatic carbocycles. The predicted molar refractivity (Wildman–Crippen MR) is 120 cm³/mol. The smallest absolute Gasteiger partial charge is 0.260 e. The summed E-state index contributed by atoms with van der Waals surface area (Å²) in [4.78, 5) is 26.5. The van der Waals surface area contributed by atoms with Crippen molar-refractivity contribution in [1.29, 1.82) is 0 Å². The van der Waals surface area contributed by atoms with Crippen molar-refractivity contribution in [3.8, 4) is 21.8 Å². The van der Waals surface area contributed by atoms with Gasteiger partial charge >= 0.3 is 0 Å². The van der Waals surface area contributed by atoms with Gasteiger partial charge in [0.1, 0.15) is 16.5 Å². The van der Waals surface area contributed by atoms with Gasteiger partial charge in [-0.2, -0.15) is 0 Å². The van der Waals surface area contributed by atoms with Crippen LogP contribution in [0.25, 0.3) is 32.0 Å². The van der Waals surface area contributed by atoms with Gasteiger partial charge in [-0.05, 0) is 30.5 Å². The van der Waals surface area contributed by atoms with Crippen LogP contribution >= 0.6 is 34.4 Å². The van der Waals surface area contributed by atoms with E-state index in [4.69, 9.17) is 0 Å². The van der Waals surface area contributed by atoms with Crippen molar-refractivity contribution in [1.82, 2.24) is 25.1 Å². The molecule has 6 nitrogen and oxygen atoms in total. The van der Waals surface area contributed by atoms with Crippen molar-refractivity contribution >= 4 is 44.7 Å². The van der Waals surface area contributed by atoms with Gasteiger partial charge in [-0.25, -0.2) is 14.4 Å². The van der Waals surface area contributed by atoms with E-state index < -0.39 is 0 Å². The number of fused-ring (bicyclic) bond motifs is 1. The summed E-state index contributed by atoms with van der Waals surface area (Å²) in [5.74, 6) is 0.543. The minimum atomic E-state index is -0.367. The van der Waals surface area contributed by atoms with Crippen molar-refractivity contribution in [3.05, 3.63) is 69.2 Å². The van der Waals surface area contributed by atoms with E-state index in [9.17, 15) is 9.18 Å². The highest BCUT2D eigenvalue weighted by Crippen LogP contribution is 2.36. The lowest BCUT2D eigenvalue weighted by Gasteiger charge is -2.08. The van der Waals surface area contributed by atoms with Crippen LogP contribution in [0.1, 0.15) is 18.0 Å². The van der Waals surface area contributed by atoms with Crippen LogP contribution in [0.3, 0.4) is 0 Å². The molecule has 2 N–H and O–H groups in total. The van der Waals surface area contributed by atoms with Crippen LogP contribution < -0.4 is 5.56 Å². The Morgan fingerprint density at radius 3 is 2.77 bits per heavy atom. The third-order valence-electron chi connectivity index (χ3n) is 4.51. The first-order valence-corrected chi connectivity index (χ1v) is 11.6. The van der Waals surface area contributed by atoms with Gasteiger partial charge in [0, 0.05) is 15.8 Å². The SMILES string of the molecule is CC(Sc1n[nH]c(-c2ccccc2F)n1)c1nc2scc(-c3cccs3)c2c(=O)[nH]1. The molecule has 0 aliphatic carbocycles. The lowest BCUT2D eigenvalue weighted by molar-refractivity contribution is 0.630. The molecule has 5 aromatic rings. The van der Waals surface area contributed by atoms with Crippen LogP contribution in [-0.2, 0) is 0 Å². The van der Waals surface area contributed by atoms with Crippen LogP contribution in [0.15, 0.2) is 57.1 Å². The third kappa shape index (κ3) is 3.47. The Hall–Kier alpha value is -2.82. The molecule has 4 heterocycles. The summed E-state index contributed by atoms with van der Waals surface area (Å²) in [5, 5.41) is 11.8. The molecule has 1 unspecified atom stereocenters. The van der Waals surface area contributed by atoms with Gasteiger partial charge in [0.25, 0.3) is 5.56 Å². The Labute approximate surface area is 182 Å². The standard InChI is InChI=1S/C20H14FN5OS3/c1-10(30-20-24-17(25-26-20)11-5-2-3-6-13(11)21)16-22-18(27)15-12(9-29-19(15)23-16)14-7-4-8-28-14/h2-10H,1H3,(H,22,23,27)(H,24,25,26). The molecule has 0 amide bonds. The molecule has 0 bridgehead atoms. The number of thioether (sulfide) groups is 1. The molecule has 0 saturated heterocycles. The third-order valence-corrected chi connectivity index (χ3v) is 7.26. The molecule has 150 valence electrons. The van der Waals surface area contributed by atoms with Crippen molar-refractivity contribution in [2.45, 2.75) is 17.3 Å². The Morgan fingerprint density at radius 1 is 1.10 bits per heavy atom. The quantitative estimate of drug-likeness (QED) is 0.342. The van der Waals surface area contributed by atoms with Gasteiger partial charge in [-0.1, -0.05) is 30.0 Å². The second-order valence-corrected chi connectivity index (χ2v) is 9.58. The fraction of sp³-hybridized carbons (Fsp3) is 0.100. The zero-order valence-corrected chi connectivity index (χ0v) is 18.0. The summed E-state index contributed by atoms with van der Waals surface area (Å²) < 4.78 is 14.0. The van der Waals surface area contributed by atoms with Gasteiger partial charge in [0.15, 0.2) is 5.82 Å². The maximum absolute atomic E-state index is 14.0. The van der Waals surface area contributed by atoms with Crippen molar-refractivity contribution in [3.63, 3.8) is 0 Å². The van der Waals surface area contributed by atoms with E-state index in [1.807, 2.05) is 29.8 Å². The summed E-state index contributed by atoms with van der Waals surface area (Å²) in [7, 11) is 0. The number of halogens is 1. The lowest BCUT2D eigenvalue weighted by atomic mass is 10.2. The Balaban J connectivity index is 1.43. The molecule has 4 aromatic heterocycles. The topological polar surface area (TPSA) is 87.3 Å². The minimum absolute atomic E-state index is 0.158. The van der Waals surface area contributed by atoms with Crippen molar-refractivity contribution in [2.75, 3.05) is 0 Å². The molecule has 1 atom stereocenters. The highest BCUT2D eigenvalue weighted by atomic mass is 32.2. The largest absolute Gasteiger partial charge is 0.309 e. The molecule has 0 aliphatic rings. The molecule has 0 spiro atoms. The molecule has 0 aliphatic heterocycles. The second-order valence-electron chi connectivity index (χ2n) is 6.46. The number of aromatic amines is 2. The number of nitrogens with zero attached hydrogens (tertiary/aromatic N) is 3. The Morgan fingerprint density at radius 2 is 1.97 bits per heavy atom. The van der Waals surface area contributed by atoms with Gasteiger partial charge in [-0.15, -0.1) is 27.8 Å². The molecule has 5 rings (SSSR count). The normalized spacial score (nSPS) is 12.5. The maximum Gasteiger partial charge on any atom is 0.260 e. The van der Waals surface area contributed by atoms with E-state index in [-0.39, 0.29) is 16.6 Å². The number of rotatable bonds is 5. The van der Waals surface area contributed by atoms with E-state index in [0.29, 0.717) is 32.6 Å². The first kappa shape index (κ1) is 19.2. The number of benzene rings is 1. The summed E-state index contributed by atoms with van der Waals surface area (Å²) in [6, 6.07) is 10.3. The van der Waals surface area contributed by atoms with Crippen LogP contribution in [0.4, 0.5) is 4.39 Å². The minimum Gasteiger partial charge on any atom is -0.309 e. The van der Waals surface area contributed by atoms with Gasteiger partial charge in [0.05, 0.1) is 16.2 Å². The van der Waals surface area contributed by atoms with Gasteiger partial charge in [-0.3, -0.25) is 9.89 Å². The first-order valence-electron chi connectivity index (χ1n) is 8.99. The number of aromatic nitrogens is 5. The van der Waals surface area contributed by atoms with Crippen molar-refractivity contribution < 1.29 is 4.39 Å². The molecule has 0 saturated carbocycles. The predicted octanol–water partition coefficient (Wildman–Crippen LogP) is 5.49. The van der Waals surface area contributed by atoms with Crippen LogP contribution in [0.5, 0.6) is 0 Å². The average Bonchev–Trinajstić information content (AvgIpc) is 3.48. The highest BCUT2D eigenvalue weighted by molar-refractivity contribution is 7.99. The number of thiophene rings is 2. The average molecular weight is 456 g/mol. The van der Waals surface area contributed by atoms with E-state index >= 15 is 0 Å². The highest BCUT2D eigenvalue weighted by Gasteiger charge is 2.19. The van der Waals surface area contributed by atoms with Gasteiger partial charge < -0.3 is 4.98 Å². The van der Waals surface area contributed by atoms with E-state index in [1.165, 1.54) is 29.2 Å². The van der Waals surface area contributed by atoms with Gasteiger partial charge in [0.2, 0.25) is 5.16 Å². The zero-order valence-electron chi connectivity index (χ0n) is 15.5. The Bertz CT molecular complexity index is 1390. The summed E-state index contributed by atoms with van der Waals surface area (Å²) in [5.41, 5.74) is 1.11. The fourth-order valence-electron chi connectivity index (χ4n) is 3.06. The van der Waals surface area contributed by atoms with Crippen molar-refractivity contribution in [2.24, 2.45) is 0 Å². The van der Waals surface area contributed by atoms with Crippen LogP contribution in [0, 0.1) is 5.82 Å². The molecule has 10 heteroatoms. The molecular formula is C20H14FN5OS3. The second kappa shape index (κ2) is 7.78. The number of hydrogen-bond donors (Lipinski definition) is 2. The van der Waals surface area contributed by atoms with Crippen LogP contribution in [-0.4, -0.2) is 25.1 Å². The monoisotopic (exact) mass is 455 g/mol. The summed E-state index contributed by atoms with van der Waals surface area (Å²) in [6.07, 6.45) is 0.